The van der Waals surface area contributed by atoms with Crippen molar-refractivity contribution >= 4 is 11.9 Å². The fourth-order valence-electron chi connectivity index (χ4n) is 1.23. The molecule has 0 spiro atoms. The molecule has 0 bridgehead atoms. The first-order chi connectivity index (χ1) is 6.13. The largest absolute Gasteiger partial charge is 0.392 e. The summed E-state index contributed by atoms with van der Waals surface area (Å²) in [5.41, 5.74) is 0.442. The van der Waals surface area contributed by atoms with Crippen molar-refractivity contribution < 1.29 is 5.11 Å². The lowest BCUT2D eigenvalue weighted by Crippen LogP contribution is -2.24. The second kappa shape index (κ2) is 6.54. The van der Waals surface area contributed by atoms with E-state index in [1.807, 2.05) is 0 Å². The van der Waals surface area contributed by atoms with Gasteiger partial charge in [-0.2, -0.15) is 0 Å². The maximum atomic E-state index is 9.62. The van der Waals surface area contributed by atoms with Crippen molar-refractivity contribution in [2.24, 2.45) is 5.92 Å². The van der Waals surface area contributed by atoms with Crippen molar-refractivity contribution in [2.75, 3.05) is 0 Å². The molecule has 13 heavy (non-hydrogen) atoms. The predicted molar refractivity (Wildman–Crippen MR) is 55.7 cm³/mol. The van der Waals surface area contributed by atoms with Gasteiger partial charge in [-0.25, -0.2) is 0 Å². The molecule has 2 atom stereocenters. The number of aliphatic hydroxyl groups is 1. The van der Waals surface area contributed by atoms with Crippen molar-refractivity contribution in [3.63, 3.8) is 0 Å². The van der Waals surface area contributed by atoms with Crippen LogP contribution < -0.4 is 0 Å². The third-order valence-electron chi connectivity index (χ3n) is 2.02. The van der Waals surface area contributed by atoms with Crippen LogP contribution >= 0.6 is 0 Å². The van der Waals surface area contributed by atoms with Crippen LogP contribution in [0.3, 0.4) is 0 Å². The summed E-state index contributed by atoms with van der Waals surface area (Å²) >= 11 is 0. The number of hydrogen-bond acceptors (Lipinski definition) is 3. The molecular weight excluding hydrogens is 164 g/mol. The van der Waals surface area contributed by atoms with Gasteiger partial charge in [0.25, 0.3) is 0 Å². The van der Waals surface area contributed by atoms with Crippen molar-refractivity contribution in [1.82, 2.24) is 0 Å². The Morgan fingerprint density at radius 1 is 1.62 bits per heavy atom. The molecule has 2 unspecified atom stereocenters. The van der Waals surface area contributed by atoms with E-state index < -0.39 is 6.10 Å². The van der Waals surface area contributed by atoms with Crippen LogP contribution in [-0.2, 0) is 0 Å². The van der Waals surface area contributed by atoms with E-state index in [9.17, 15) is 5.11 Å². The Morgan fingerprint density at radius 2 is 2.23 bits per heavy atom. The zero-order valence-electron chi connectivity index (χ0n) is 8.09. The Morgan fingerprint density at radius 3 is 2.62 bits per heavy atom. The number of hydrogen-bond donors (Lipinski definition) is 3. The van der Waals surface area contributed by atoms with E-state index >= 15 is 0 Å². The lowest BCUT2D eigenvalue weighted by atomic mass is 9.94. The average molecular weight is 182 g/mol. The lowest BCUT2D eigenvalue weighted by molar-refractivity contribution is 0.143. The number of aliphatic hydroxyl groups excluding tert-OH is 1. The summed E-state index contributed by atoms with van der Waals surface area (Å²) in [7, 11) is 0. The van der Waals surface area contributed by atoms with E-state index in [4.69, 9.17) is 10.8 Å². The van der Waals surface area contributed by atoms with Crippen molar-refractivity contribution in [1.29, 1.82) is 10.8 Å². The lowest BCUT2D eigenvalue weighted by Gasteiger charge is -2.17. The maximum Gasteiger partial charge on any atom is 0.0654 e. The Bertz CT molecular complexity index is 189. The first-order valence-corrected chi connectivity index (χ1v) is 4.48. The SMILES string of the molecule is C=CC(C(C)=N)C(O)CCCC=N. The van der Waals surface area contributed by atoms with E-state index in [1.54, 1.807) is 13.0 Å². The average Bonchev–Trinajstić information content (AvgIpc) is 2.05. The first-order valence-electron chi connectivity index (χ1n) is 4.48. The van der Waals surface area contributed by atoms with Gasteiger partial charge in [-0.1, -0.05) is 6.08 Å². The molecule has 0 aliphatic carbocycles. The van der Waals surface area contributed by atoms with Gasteiger partial charge in [0.2, 0.25) is 0 Å². The molecule has 0 aliphatic rings. The van der Waals surface area contributed by atoms with Crippen LogP contribution in [0.5, 0.6) is 0 Å². The highest BCUT2D eigenvalue weighted by atomic mass is 16.3. The second-order valence-electron chi connectivity index (χ2n) is 3.15. The van der Waals surface area contributed by atoms with Crippen molar-refractivity contribution in [3.8, 4) is 0 Å². The molecule has 0 aromatic heterocycles. The minimum atomic E-state index is -0.519. The van der Waals surface area contributed by atoms with Gasteiger partial charge in [-0.15, -0.1) is 6.58 Å². The molecule has 0 heterocycles. The first kappa shape index (κ1) is 12.0. The summed E-state index contributed by atoms with van der Waals surface area (Å²) in [5.74, 6) is -0.231. The molecule has 0 saturated heterocycles. The molecule has 0 fully saturated rings. The quantitative estimate of drug-likeness (QED) is 0.314. The van der Waals surface area contributed by atoms with Crippen LogP contribution in [-0.4, -0.2) is 23.1 Å². The molecule has 74 valence electrons. The molecule has 0 rings (SSSR count). The van der Waals surface area contributed by atoms with Crippen LogP contribution in [0.1, 0.15) is 26.2 Å². The monoisotopic (exact) mass is 182 g/mol. The zero-order chi connectivity index (χ0) is 10.3. The van der Waals surface area contributed by atoms with Gasteiger partial charge >= 0.3 is 0 Å². The molecule has 0 radical (unpaired) electrons. The van der Waals surface area contributed by atoms with Crippen molar-refractivity contribution in [2.45, 2.75) is 32.3 Å². The third kappa shape index (κ3) is 4.58. The Kier molecular flexibility index (Phi) is 6.06. The smallest absolute Gasteiger partial charge is 0.0654 e. The van der Waals surface area contributed by atoms with E-state index in [0.717, 1.165) is 6.42 Å². The molecule has 0 saturated carbocycles. The fourth-order valence-corrected chi connectivity index (χ4v) is 1.23. The number of rotatable bonds is 7. The summed E-state index contributed by atoms with van der Waals surface area (Å²) in [6.45, 7) is 5.26. The second-order valence-corrected chi connectivity index (χ2v) is 3.15. The van der Waals surface area contributed by atoms with Gasteiger partial charge in [-0.3, -0.25) is 0 Å². The van der Waals surface area contributed by atoms with Gasteiger partial charge in [0.15, 0.2) is 0 Å². The summed E-state index contributed by atoms with van der Waals surface area (Å²) in [5, 5.41) is 23.8. The highest BCUT2D eigenvalue weighted by Crippen LogP contribution is 2.12. The highest BCUT2D eigenvalue weighted by molar-refractivity contribution is 5.83. The molecule has 3 nitrogen and oxygen atoms in total. The van der Waals surface area contributed by atoms with Crippen LogP contribution in [0.25, 0.3) is 0 Å². The van der Waals surface area contributed by atoms with Gasteiger partial charge < -0.3 is 15.9 Å². The molecule has 0 aliphatic heterocycles. The van der Waals surface area contributed by atoms with Gasteiger partial charge in [0, 0.05) is 11.6 Å². The zero-order valence-corrected chi connectivity index (χ0v) is 8.09. The summed E-state index contributed by atoms with van der Waals surface area (Å²) in [6, 6.07) is 0. The standard InChI is InChI=1S/C10H18N2O/c1-3-9(8(2)12)10(13)6-4-5-7-11/h3,7,9-13H,1,4-6H2,2H3. The van der Waals surface area contributed by atoms with Crippen LogP contribution in [0.2, 0.25) is 0 Å². The predicted octanol–water partition coefficient (Wildman–Crippen LogP) is 2.01. The topological polar surface area (TPSA) is 67.9 Å². The third-order valence-corrected chi connectivity index (χ3v) is 2.02. The Balaban J connectivity index is 3.90. The molecule has 3 N–H and O–H groups in total. The minimum Gasteiger partial charge on any atom is -0.392 e. The molecule has 0 amide bonds. The number of unbranched alkanes of at least 4 members (excludes halogenated alkanes) is 1. The fraction of sp³-hybridized carbons (Fsp3) is 0.600. The van der Waals surface area contributed by atoms with Gasteiger partial charge in [0.05, 0.1) is 6.10 Å². The molecule has 3 heteroatoms. The highest BCUT2D eigenvalue weighted by Gasteiger charge is 2.16. The van der Waals surface area contributed by atoms with Crippen LogP contribution in [0.4, 0.5) is 0 Å². The van der Waals surface area contributed by atoms with Crippen LogP contribution in [0, 0.1) is 16.7 Å². The van der Waals surface area contributed by atoms with Crippen LogP contribution in [0.15, 0.2) is 12.7 Å². The normalized spacial score (nSPS) is 14.6. The van der Waals surface area contributed by atoms with Gasteiger partial charge in [0.1, 0.15) is 0 Å². The Hall–Kier alpha value is -0.960. The minimum absolute atomic E-state index is 0.231. The number of nitrogens with one attached hydrogen (secondary N) is 2. The Labute approximate surface area is 79.5 Å². The summed E-state index contributed by atoms with van der Waals surface area (Å²) in [4.78, 5) is 0. The van der Waals surface area contributed by atoms with Crippen molar-refractivity contribution in [3.05, 3.63) is 12.7 Å². The van der Waals surface area contributed by atoms with Gasteiger partial charge in [-0.05, 0) is 32.4 Å². The summed E-state index contributed by atoms with van der Waals surface area (Å²) in [6.07, 6.45) is 4.54. The molecule has 0 aromatic carbocycles. The molecule has 0 aromatic rings. The summed E-state index contributed by atoms with van der Waals surface area (Å²) < 4.78 is 0. The van der Waals surface area contributed by atoms with E-state index in [0.29, 0.717) is 18.6 Å². The maximum absolute atomic E-state index is 9.62. The van der Waals surface area contributed by atoms with E-state index in [-0.39, 0.29) is 5.92 Å². The van der Waals surface area contributed by atoms with E-state index in [1.165, 1.54) is 6.21 Å². The van der Waals surface area contributed by atoms with E-state index in [2.05, 4.69) is 6.58 Å². The molecular formula is C10H18N2O.